The SMILES string of the molecule is CC(CCc1ccc(C#CC2CCC(CO)C2)cc1)(C(=O)NO)S(C)(=O)=O. The van der Waals surface area contributed by atoms with Gasteiger partial charge in [0.25, 0.3) is 5.91 Å². The van der Waals surface area contributed by atoms with E-state index in [4.69, 9.17) is 5.21 Å². The fourth-order valence-electron chi connectivity index (χ4n) is 3.28. The smallest absolute Gasteiger partial charge is 0.264 e. The lowest BCUT2D eigenvalue weighted by Gasteiger charge is -2.25. The third-order valence-corrected chi connectivity index (χ3v) is 7.49. The predicted octanol–water partition coefficient (Wildman–Crippen LogP) is 1.69. The minimum absolute atomic E-state index is 0.0634. The molecule has 2 rings (SSSR count). The summed E-state index contributed by atoms with van der Waals surface area (Å²) < 4.78 is 22.3. The van der Waals surface area contributed by atoms with Crippen LogP contribution in [0.15, 0.2) is 24.3 Å². The van der Waals surface area contributed by atoms with Gasteiger partial charge in [-0.2, -0.15) is 0 Å². The number of carbonyl (C=O) groups is 1. The molecule has 0 heterocycles. The summed E-state index contributed by atoms with van der Waals surface area (Å²) in [6.45, 7) is 1.54. The van der Waals surface area contributed by atoms with Gasteiger partial charge >= 0.3 is 0 Å². The normalized spacial score (nSPS) is 21.8. The van der Waals surface area contributed by atoms with Crippen LogP contribution in [0.3, 0.4) is 0 Å². The topological polar surface area (TPSA) is 104 Å². The highest BCUT2D eigenvalue weighted by molar-refractivity contribution is 7.92. The maximum absolute atomic E-state index is 12.0. The van der Waals surface area contributed by atoms with Crippen molar-refractivity contribution in [3.63, 3.8) is 0 Å². The van der Waals surface area contributed by atoms with Gasteiger partial charge in [-0.15, -0.1) is 0 Å². The molecule has 1 aliphatic rings. The number of nitrogens with one attached hydrogen (secondary N) is 1. The van der Waals surface area contributed by atoms with Crippen LogP contribution in [-0.4, -0.2) is 42.2 Å². The van der Waals surface area contributed by atoms with Crippen LogP contribution in [0.25, 0.3) is 0 Å². The molecule has 27 heavy (non-hydrogen) atoms. The lowest BCUT2D eigenvalue weighted by molar-refractivity contribution is -0.131. The van der Waals surface area contributed by atoms with Crippen LogP contribution in [0.2, 0.25) is 0 Å². The van der Waals surface area contributed by atoms with Gasteiger partial charge in [0, 0.05) is 24.3 Å². The first-order valence-electron chi connectivity index (χ1n) is 9.05. The average Bonchev–Trinajstić information content (AvgIpc) is 3.11. The first-order chi connectivity index (χ1) is 12.7. The molecular weight excluding hydrogens is 366 g/mol. The van der Waals surface area contributed by atoms with E-state index in [2.05, 4.69) is 11.8 Å². The molecule has 7 heteroatoms. The van der Waals surface area contributed by atoms with Gasteiger partial charge in [-0.05, 0) is 62.6 Å². The molecule has 6 nitrogen and oxygen atoms in total. The van der Waals surface area contributed by atoms with Crippen molar-refractivity contribution in [3.8, 4) is 11.8 Å². The molecule has 0 radical (unpaired) electrons. The first-order valence-corrected chi connectivity index (χ1v) is 10.9. The summed E-state index contributed by atoms with van der Waals surface area (Å²) in [5, 5.41) is 18.0. The standard InChI is InChI=1S/C20H27NO5S/c1-20(19(23)21-24,27(2,25)26)12-11-16-5-3-15(4-6-16)7-8-17-9-10-18(13-17)14-22/h3-6,17-18,22,24H,9-14H2,1-2H3,(H,21,23). The van der Waals surface area contributed by atoms with E-state index >= 15 is 0 Å². The Morgan fingerprint density at radius 3 is 2.48 bits per heavy atom. The molecule has 1 aliphatic carbocycles. The zero-order chi connectivity index (χ0) is 20.1. The molecule has 0 aromatic heterocycles. The Morgan fingerprint density at radius 1 is 1.30 bits per heavy atom. The predicted molar refractivity (Wildman–Crippen MR) is 103 cm³/mol. The number of amides is 1. The highest BCUT2D eigenvalue weighted by Gasteiger charge is 2.43. The van der Waals surface area contributed by atoms with E-state index in [1.807, 2.05) is 24.3 Å². The third kappa shape index (κ3) is 5.32. The van der Waals surface area contributed by atoms with Gasteiger partial charge in [0.1, 0.15) is 4.75 Å². The number of aliphatic hydroxyl groups excluding tert-OH is 1. The van der Waals surface area contributed by atoms with Crippen LogP contribution in [0.5, 0.6) is 0 Å². The Morgan fingerprint density at radius 2 is 1.96 bits per heavy atom. The molecule has 0 spiro atoms. The maximum Gasteiger partial charge on any atom is 0.264 e. The molecule has 1 saturated carbocycles. The lowest BCUT2D eigenvalue weighted by atomic mass is 9.98. The van der Waals surface area contributed by atoms with E-state index < -0.39 is 20.5 Å². The first kappa shape index (κ1) is 21.4. The molecule has 1 aromatic rings. The van der Waals surface area contributed by atoms with E-state index in [1.165, 1.54) is 12.4 Å². The van der Waals surface area contributed by atoms with E-state index in [-0.39, 0.29) is 13.0 Å². The lowest BCUT2D eigenvalue weighted by Crippen LogP contribution is -2.49. The minimum atomic E-state index is -3.69. The van der Waals surface area contributed by atoms with Crippen LogP contribution < -0.4 is 5.48 Å². The van der Waals surface area contributed by atoms with E-state index in [0.29, 0.717) is 18.3 Å². The molecule has 3 N–H and O–H groups in total. The van der Waals surface area contributed by atoms with Crippen LogP contribution in [0, 0.1) is 23.7 Å². The molecular formula is C20H27NO5S. The molecule has 0 saturated heterocycles. The van der Waals surface area contributed by atoms with Crippen molar-refractivity contribution in [1.29, 1.82) is 0 Å². The van der Waals surface area contributed by atoms with E-state index in [0.717, 1.165) is 36.6 Å². The number of carbonyl (C=O) groups excluding carboxylic acids is 1. The number of hydrogen-bond donors (Lipinski definition) is 3. The van der Waals surface area contributed by atoms with Crippen molar-refractivity contribution in [2.75, 3.05) is 12.9 Å². The van der Waals surface area contributed by atoms with Gasteiger partial charge in [-0.3, -0.25) is 10.0 Å². The monoisotopic (exact) mass is 393 g/mol. The molecule has 148 valence electrons. The second-order valence-corrected chi connectivity index (χ2v) is 9.91. The van der Waals surface area contributed by atoms with E-state index in [9.17, 15) is 18.3 Å². The van der Waals surface area contributed by atoms with Gasteiger partial charge in [-0.1, -0.05) is 24.0 Å². The zero-order valence-electron chi connectivity index (χ0n) is 15.7. The Balaban J connectivity index is 2.01. The largest absolute Gasteiger partial charge is 0.396 e. The summed E-state index contributed by atoms with van der Waals surface area (Å²) in [5.74, 6) is 6.19. The average molecular weight is 394 g/mol. The molecule has 3 unspecified atom stereocenters. The number of benzene rings is 1. The second-order valence-electron chi connectivity index (χ2n) is 7.47. The van der Waals surface area contributed by atoms with Crippen LogP contribution >= 0.6 is 0 Å². The van der Waals surface area contributed by atoms with Crippen molar-refractivity contribution in [1.82, 2.24) is 5.48 Å². The van der Waals surface area contributed by atoms with Crippen molar-refractivity contribution >= 4 is 15.7 Å². The van der Waals surface area contributed by atoms with Gasteiger partial charge in [0.15, 0.2) is 9.84 Å². The Bertz CT molecular complexity index is 822. The Kier molecular flexibility index (Phi) is 7.04. The molecule has 0 aliphatic heterocycles. The summed E-state index contributed by atoms with van der Waals surface area (Å²) in [7, 11) is -3.69. The third-order valence-electron chi connectivity index (χ3n) is 5.46. The van der Waals surface area contributed by atoms with Crippen molar-refractivity contribution < 1.29 is 23.5 Å². The maximum atomic E-state index is 12.0. The summed E-state index contributed by atoms with van der Waals surface area (Å²) >= 11 is 0. The fraction of sp³-hybridized carbons (Fsp3) is 0.550. The second kappa shape index (κ2) is 8.87. The number of hydrogen-bond acceptors (Lipinski definition) is 5. The summed E-state index contributed by atoms with van der Waals surface area (Å²) in [6, 6.07) is 7.50. The van der Waals surface area contributed by atoms with Crippen molar-refractivity contribution in [2.24, 2.45) is 11.8 Å². The number of aliphatic hydroxyl groups is 1. The number of rotatable bonds is 6. The molecule has 1 aromatic carbocycles. The van der Waals surface area contributed by atoms with Crippen LogP contribution in [-0.2, 0) is 21.1 Å². The molecule has 1 fully saturated rings. The highest BCUT2D eigenvalue weighted by Crippen LogP contribution is 2.30. The summed E-state index contributed by atoms with van der Waals surface area (Å²) in [4.78, 5) is 11.8. The van der Waals surface area contributed by atoms with Gasteiger partial charge in [0.05, 0.1) is 0 Å². The van der Waals surface area contributed by atoms with Crippen molar-refractivity contribution in [2.45, 2.75) is 43.8 Å². The van der Waals surface area contributed by atoms with E-state index in [1.54, 1.807) is 0 Å². The Labute approximate surface area is 160 Å². The zero-order valence-corrected chi connectivity index (χ0v) is 16.6. The summed E-state index contributed by atoms with van der Waals surface area (Å²) in [6.07, 6.45) is 4.42. The number of sulfone groups is 1. The fourth-order valence-corrected chi connectivity index (χ4v) is 4.14. The quantitative estimate of drug-likeness (QED) is 0.388. The molecule has 1 amide bonds. The highest BCUT2D eigenvalue weighted by atomic mass is 32.2. The van der Waals surface area contributed by atoms with Crippen molar-refractivity contribution in [3.05, 3.63) is 35.4 Å². The van der Waals surface area contributed by atoms with Crippen LogP contribution in [0.4, 0.5) is 0 Å². The Hall–Kier alpha value is -1.88. The van der Waals surface area contributed by atoms with Gasteiger partial charge in [0.2, 0.25) is 0 Å². The van der Waals surface area contributed by atoms with Gasteiger partial charge in [-0.25, -0.2) is 13.9 Å². The van der Waals surface area contributed by atoms with Crippen LogP contribution in [0.1, 0.15) is 43.7 Å². The van der Waals surface area contributed by atoms with Gasteiger partial charge < -0.3 is 5.11 Å². The number of aryl methyl sites for hydroxylation is 1. The summed E-state index contributed by atoms with van der Waals surface area (Å²) in [5.41, 5.74) is 3.23. The minimum Gasteiger partial charge on any atom is -0.396 e. The number of hydroxylamine groups is 1. The molecule has 3 atom stereocenters. The molecule has 0 bridgehead atoms.